The monoisotopic (exact) mass is 369 g/mol. The largest absolute Gasteiger partial charge is 0.476 e. The van der Waals surface area contributed by atoms with Gasteiger partial charge in [0.05, 0.1) is 19.3 Å². The molecule has 0 aliphatic carbocycles. The molecular weight excluding hydrogens is 346 g/mol. The van der Waals surface area contributed by atoms with Gasteiger partial charge in [-0.3, -0.25) is 9.69 Å². The number of aromatic nitrogens is 3. The van der Waals surface area contributed by atoms with Crippen LogP contribution < -0.4 is 10.1 Å². The van der Waals surface area contributed by atoms with Crippen molar-refractivity contribution in [2.45, 2.75) is 18.9 Å². The summed E-state index contributed by atoms with van der Waals surface area (Å²) in [5.74, 6) is 0.909. The molecule has 0 spiro atoms. The number of morpholine rings is 1. The van der Waals surface area contributed by atoms with Crippen molar-refractivity contribution in [2.24, 2.45) is 0 Å². The highest BCUT2D eigenvalue weighted by atomic mass is 16.5. The fraction of sp³-hybridized carbons (Fsp3) is 0.474. The number of nitrogens with one attached hydrogen (secondary N) is 1. The molecule has 1 amide bonds. The highest BCUT2D eigenvalue weighted by molar-refractivity contribution is 5.85. The summed E-state index contributed by atoms with van der Waals surface area (Å²) >= 11 is 0. The van der Waals surface area contributed by atoms with Crippen molar-refractivity contribution in [1.29, 1.82) is 0 Å². The number of hydrogen-bond acceptors (Lipinski definition) is 7. The summed E-state index contributed by atoms with van der Waals surface area (Å²) in [6, 6.07) is 3.73. The lowest BCUT2D eigenvalue weighted by molar-refractivity contribution is -0.123. The van der Waals surface area contributed by atoms with E-state index in [-0.39, 0.29) is 17.9 Å². The van der Waals surface area contributed by atoms with Crippen LogP contribution in [0.4, 0.5) is 0 Å². The Bertz CT molecular complexity index is 792. The summed E-state index contributed by atoms with van der Waals surface area (Å²) in [4.78, 5) is 27.9. The summed E-state index contributed by atoms with van der Waals surface area (Å²) in [7, 11) is 0. The van der Waals surface area contributed by atoms with Crippen molar-refractivity contribution in [3.05, 3.63) is 47.7 Å². The molecule has 1 saturated heterocycles. The number of pyridine rings is 1. The molecule has 0 bridgehead atoms. The van der Waals surface area contributed by atoms with E-state index in [1.54, 1.807) is 6.20 Å². The predicted molar refractivity (Wildman–Crippen MR) is 97.4 cm³/mol. The molecule has 8 nitrogen and oxygen atoms in total. The number of carbonyl (C=O) groups excluding carboxylic acids is 1. The molecule has 4 heterocycles. The van der Waals surface area contributed by atoms with Crippen LogP contribution in [-0.2, 0) is 9.53 Å². The maximum atomic E-state index is 12.8. The Morgan fingerprint density at radius 3 is 2.85 bits per heavy atom. The Kier molecular flexibility index (Phi) is 5.26. The van der Waals surface area contributed by atoms with Crippen LogP contribution in [0.15, 0.2) is 30.7 Å². The third-order valence-electron chi connectivity index (χ3n) is 5.02. The van der Waals surface area contributed by atoms with Crippen molar-refractivity contribution < 1.29 is 14.3 Å². The minimum absolute atomic E-state index is 0.00846. The number of amides is 1. The standard InChI is InChI=1S/C19H23N5O3/c1-13-21-9-14(10-22-13)17(24-5-7-26-8-6-24)11-23-18(25)16-12-27-19-15(16)3-2-4-20-19/h2-4,9-10,16-17H,5-8,11-12H2,1H3,(H,23,25)/t16-,17+/m1/s1. The fourth-order valence-electron chi connectivity index (χ4n) is 3.50. The third-order valence-corrected chi connectivity index (χ3v) is 5.02. The van der Waals surface area contributed by atoms with Gasteiger partial charge in [-0.25, -0.2) is 15.0 Å². The molecule has 27 heavy (non-hydrogen) atoms. The molecular formula is C19H23N5O3. The second kappa shape index (κ2) is 7.98. The van der Waals surface area contributed by atoms with Crippen LogP contribution in [0.5, 0.6) is 5.88 Å². The molecule has 142 valence electrons. The summed E-state index contributed by atoms with van der Waals surface area (Å²) in [5.41, 5.74) is 1.84. The smallest absolute Gasteiger partial charge is 0.231 e. The van der Waals surface area contributed by atoms with Crippen molar-refractivity contribution in [3.8, 4) is 5.88 Å². The van der Waals surface area contributed by atoms with E-state index in [0.29, 0.717) is 32.2 Å². The molecule has 0 unspecified atom stereocenters. The van der Waals surface area contributed by atoms with Crippen LogP contribution in [0.3, 0.4) is 0 Å². The Labute approximate surface area is 157 Å². The lowest BCUT2D eigenvalue weighted by Gasteiger charge is -2.34. The van der Waals surface area contributed by atoms with Crippen LogP contribution in [0.25, 0.3) is 0 Å². The van der Waals surface area contributed by atoms with E-state index < -0.39 is 0 Å². The van der Waals surface area contributed by atoms with Crippen LogP contribution >= 0.6 is 0 Å². The second-order valence-electron chi connectivity index (χ2n) is 6.73. The number of nitrogens with zero attached hydrogens (tertiary/aromatic N) is 4. The number of aryl methyl sites for hydroxylation is 1. The van der Waals surface area contributed by atoms with Crippen LogP contribution in [0.2, 0.25) is 0 Å². The molecule has 2 aliphatic heterocycles. The fourth-order valence-corrected chi connectivity index (χ4v) is 3.50. The van der Waals surface area contributed by atoms with E-state index in [2.05, 4.69) is 25.2 Å². The quantitative estimate of drug-likeness (QED) is 0.835. The average molecular weight is 369 g/mol. The van der Waals surface area contributed by atoms with Crippen LogP contribution in [0, 0.1) is 6.92 Å². The summed E-state index contributed by atoms with van der Waals surface area (Å²) in [6.45, 7) is 5.67. The van der Waals surface area contributed by atoms with Gasteiger partial charge in [-0.2, -0.15) is 0 Å². The van der Waals surface area contributed by atoms with E-state index in [1.807, 2.05) is 31.5 Å². The first kappa shape index (κ1) is 17.8. The predicted octanol–water partition coefficient (Wildman–Crippen LogP) is 0.846. The maximum absolute atomic E-state index is 12.8. The van der Waals surface area contributed by atoms with E-state index in [1.165, 1.54) is 0 Å². The molecule has 4 rings (SSSR count). The van der Waals surface area contributed by atoms with Crippen LogP contribution in [0.1, 0.15) is 28.9 Å². The molecule has 2 atom stereocenters. The van der Waals surface area contributed by atoms with Gasteiger partial charge in [0, 0.05) is 49.4 Å². The van der Waals surface area contributed by atoms with Gasteiger partial charge >= 0.3 is 0 Å². The minimum Gasteiger partial charge on any atom is -0.476 e. The topological polar surface area (TPSA) is 89.5 Å². The van der Waals surface area contributed by atoms with Crippen molar-refractivity contribution in [1.82, 2.24) is 25.2 Å². The highest BCUT2D eigenvalue weighted by Crippen LogP contribution is 2.31. The van der Waals surface area contributed by atoms with Gasteiger partial charge in [0.2, 0.25) is 11.8 Å². The number of rotatable bonds is 5. The number of hydrogen-bond donors (Lipinski definition) is 1. The zero-order chi connectivity index (χ0) is 18.6. The molecule has 1 N–H and O–H groups in total. The summed E-state index contributed by atoms with van der Waals surface area (Å²) in [6.07, 6.45) is 5.35. The third kappa shape index (κ3) is 3.91. The number of carbonyl (C=O) groups is 1. The zero-order valence-corrected chi connectivity index (χ0v) is 15.3. The minimum atomic E-state index is -0.326. The highest BCUT2D eigenvalue weighted by Gasteiger charge is 2.32. The van der Waals surface area contributed by atoms with E-state index in [9.17, 15) is 4.79 Å². The molecule has 8 heteroatoms. The molecule has 0 aromatic carbocycles. The van der Waals surface area contributed by atoms with E-state index in [4.69, 9.17) is 9.47 Å². The van der Waals surface area contributed by atoms with Crippen LogP contribution in [-0.4, -0.2) is 65.2 Å². The van der Waals surface area contributed by atoms with Gasteiger partial charge in [-0.1, -0.05) is 6.07 Å². The van der Waals surface area contributed by atoms with Gasteiger partial charge in [-0.05, 0) is 13.0 Å². The molecule has 2 aromatic rings. The summed E-state index contributed by atoms with van der Waals surface area (Å²) in [5, 5.41) is 3.09. The Hall–Kier alpha value is -2.58. The number of fused-ring (bicyclic) bond motifs is 1. The maximum Gasteiger partial charge on any atom is 0.231 e. The van der Waals surface area contributed by atoms with Gasteiger partial charge in [0.25, 0.3) is 0 Å². The Morgan fingerprint density at radius 1 is 1.30 bits per heavy atom. The Balaban J connectivity index is 1.47. The average Bonchev–Trinajstić information content (AvgIpc) is 3.14. The second-order valence-corrected chi connectivity index (χ2v) is 6.73. The lowest BCUT2D eigenvalue weighted by Crippen LogP contribution is -2.44. The van der Waals surface area contributed by atoms with E-state index >= 15 is 0 Å². The van der Waals surface area contributed by atoms with Crippen molar-refractivity contribution in [3.63, 3.8) is 0 Å². The van der Waals surface area contributed by atoms with Gasteiger partial charge in [0.15, 0.2) is 0 Å². The zero-order valence-electron chi connectivity index (χ0n) is 15.3. The molecule has 2 aromatic heterocycles. The first-order valence-electron chi connectivity index (χ1n) is 9.18. The van der Waals surface area contributed by atoms with Gasteiger partial charge in [-0.15, -0.1) is 0 Å². The Morgan fingerprint density at radius 2 is 2.07 bits per heavy atom. The first-order chi connectivity index (χ1) is 13.2. The summed E-state index contributed by atoms with van der Waals surface area (Å²) < 4.78 is 11.0. The van der Waals surface area contributed by atoms with Crippen molar-refractivity contribution >= 4 is 5.91 Å². The van der Waals surface area contributed by atoms with Gasteiger partial charge < -0.3 is 14.8 Å². The SMILES string of the molecule is Cc1ncc([C@H](CNC(=O)[C@@H]2COc3ncccc32)N2CCOCC2)cn1. The van der Waals surface area contributed by atoms with Gasteiger partial charge in [0.1, 0.15) is 18.3 Å². The van der Waals surface area contributed by atoms with E-state index in [0.717, 1.165) is 30.0 Å². The van der Waals surface area contributed by atoms with Crippen molar-refractivity contribution in [2.75, 3.05) is 39.5 Å². The number of ether oxygens (including phenoxy) is 2. The molecule has 2 aliphatic rings. The normalized spacial score (nSPS) is 20.6. The molecule has 1 fully saturated rings. The molecule has 0 saturated carbocycles. The molecule has 0 radical (unpaired) electrons. The first-order valence-corrected chi connectivity index (χ1v) is 9.18. The lowest BCUT2D eigenvalue weighted by atomic mass is 10.0.